The van der Waals surface area contributed by atoms with Gasteiger partial charge in [0.15, 0.2) is 0 Å². The summed E-state index contributed by atoms with van der Waals surface area (Å²) >= 11 is 0. The van der Waals surface area contributed by atoms with Crippen LogP contribution in [0.4, 0.5) is 4.79 Å². The highest BCUT2D eigenvalue weighted by Gasteiger charge is 2.28. The van der Waals surface area contributed by atoms with Gasteiger partial charge in [-0.1, -0.05) is 0 Å². The molecule has 0 radical (unpaired) electrons. The first-order valence-corrected chi connectivity index (χ1v) is 6.01. The molecule has 0 aromatic rings. The first-order chi connectivity index (χ1) is 7.29. The zero-order valence-corrected chi connectivity index (χ0v) is 12.0. The largest absolute Gasteiger partial charge is 0.444 e. The molecule has 4 nitrogen and oxygen atoms in total. The van der Waals surface area contributed by atoms with E-state index in [-0.39, 0.29) is 24.5 Å². The molecule has 0 unspecified atom stereocenters. The van der Waals surface area contributed by atoms with E-state index in [1.54, 1.807) is 4.90 Å². The maximum atomic E-state index is 11.8. The first-order valence-electron chi connectivity index (χ1n) is 6.01. The third kappa shape index (κ3) is 5.59. The SMILES string of the molecule is CN(C(=O)OC(C)(C)C)C1CCC(N)CC1.Cl. The number of amides is 1. The van der Waals surface area contributed by atoms with Gasteiger partial charge >= 0.3 is 6.09 Å². The van der Waals surface area contributed by atoms with E-state index in [4.69, 9.17) is 10.5 Å². The summed E-state index contributed by atoms with van der Waals surface area (Å²) in [5, 5.41) is 0. The van der Waals surface area contributed by atoms with Gasteiger partial charge in [0.2, 0.25) is 0 Å². The molecule has 0 bridgehead atoms. The van der Waals surface area contributed by atoms with Gasteiger partial charge in [-0.25, -0.2) is 4.79 Å². The average molecular weight is 265 g/mol. The molecule has 1 saturated carbocycles. The molecule has 0 aromatic carbocycles. The molecule has 2 N–H and O–H groups in total. The van der Waals surface area contributed by atoms with E-state index in [1.165, 1.54) is 0 Å². The third-order valence-corrected chi connectivity index (χ3v) is 2.97. The van der Waals surface area contributed by atoms with Crippen LogP contribution in [0.5, 0.6) is 0 Å². The second kappa shape index (κ2) is 6.45. The van der Waals surface area contributed by atoms with Crippen molar-refractivity contribution in [2.75, 3.05) is 7.05 Å². The van der Waals surface area contributed by atoms with Crippen molar-refractivity contribution in [3.05, 3.63) is 0 Å². The quantitative estimate of drug-likeness (QED) is 0.792. The van der Waals surface area contributed by atoms with Crippen LogP contribution >= 0.6 is 12.4 Å². The molecule has 1 fully saturated rings. The highest BCUT2D eigenvalue weighted by atomic mass is 35.5. The van der Waals surface area contributed by atoms with Gasteiger partial charge in [-0.05, 0) is 46.5 Å². The zero-order chi connectivity index (χ0) is 12.3. The van der Waals surface area contributed by atoms with Gasteiger partial charge in [0.25, 0.3) is 0 Å². The molecule has 0 heterocycles. The molecule has 1 rings (SSSR count). The number of hydrogen-bond donors (Lipinski definition) is 1. The zero-order valence-electron chi connectivity index (χ0n) is 11.2. The van der Waals surface area contributed by atoms with Gasteiger partial charge < -0.3 is 15.4 Å². The molecule has 1 amide bonds. The molecular formula is C12H25ClN2O2. The standard InChI is InChI=1S/C12H24N2O2.ClH/c1-12(2,3)16-11(15)14(4)10-7-5-9(13)6-8-10;/h9-10H,5-8,13H2,1-4H3;1H. The molecule has 1 aliphatic carbocycles. The fourth-order valence-corrected chi connectivity index (χ4v) is 1.97. The molecule has 0 spiro atoms. The lowest BCUT2D eigenvalue weighted by atomic mass is 9.91. The van der Waals surface area contributed by atoms with Crippen LogP contribution in [0.15, 0.2) is 0 Å². The summed E-state index contributed by atoms with van der Waals surface area (Å²) in [5.74, 6) is 0. The van der Waals surface area contributed by atoms with Crippen LogP contribution in [0.25, 0.3) is 0 Å². The van der Waals surface area contributed by atoms with Crippen LogP contribution in [0.2, 0.25) is 0 Å². The Morgan fingerprint density at radius 3 is 2.12 bits per heavy atom. The molecule has 0 aromatic heterocycles. The second-order valence-corrected chi connectivity index (χ2v) is 5.66. The van der Waals surface area contributed by atoms with Crippen LogP contribution in [-0.2, 0) is 4.74 Å². The number of carbonyl (C=O) groups is 1. The number of nitrogens with two attached hydrogens (primary N) is 1. The molecule has 0 aliphatic heterocycles. The Balaban J connectivity index is 0.00000256. The molecule has 102 valence electrons. The summed E-state index contributed by atoms with van der Waals surface area (Å²) in [6.45, 7) is 5.65. The highest BCUT2D eigenvalue weighted by molar-refractivity contribution is 5.85. The lowest BCUT2D eigenvalue weighted by molar-refractivity contribution is 0.0183. The lowest BCUT2D eigenvalue weighted by Gasteiger charge is -2.34. The van der Waals surface area contributed by atoms with Crippen LogP contribution in [0.3, 0.4) is 0 Å². The summed E-state index contributed by atoms with van der Waals surface area (Å²) in [7, 11) is 1.82. The fraction of sp³-hybridized carbons (Fsp3) is 0.917. The molecule has 0 atom stereocenters. The predicted octanol–water partition coefficient (Wildman–Crippen LogP) is 2.55. The van der Waals surface area contributed by atoms with Crippen molar-refractivity contribution >= 4 is 18.5 Å². The van der Waals surface area contributed by atoms with E-state index < -0.39 is 5.60 Å². The average Bonchev–Trinajstić information content (AvgIpc) is 2.15. The number of nitrogens with zero attached hydrogens (tertiary/aromatic N) is 1. The Morgan fingerprint density at radius 2 is 1.71 bits per heavy atom. The van der Waals surface area contributed by atoms with E-state index >= 15 is 0 Å². The van der Waals surface area contributed by atoms with Crippen LogP contribution in [0, 0.1) is 0 Å². The van der Waals surface area contributed by atoms with E-state index in [0.29, 0.717) is 6.04 Å². The highest BCUT2D eigenvalue weighted by Crippen LogP contribution is 2.22. The summed E-state index contributed by atoms with van der Waals surface area (Å²) in [6.07, 6.45) is 3.73. The van der Waals surface area contributed by atoms with Crippen molar-refractivity contribution in [3.63, 3.8) is 0 Å². The van der Waals surface area contributed by atoms with Crippen LogP contribution < -0.4 is 5.73 Å². The molecule has 17 heavy (non-hydrogen) atoms. The van der Waals surface area contributed by atoms with Crippen molar-refractivity contribution in [1.29, 1.82) is 0 Å². The van der Waals surface area contributed by atoms with Crippen LogP contribution in [-0.4, -0.2) is 35.7 Å². The maximum absolute atomic E-state index is 11.8. The van der Waals surface area contributed by atoms with Gasteiger partial charge in [-0.3, -0.25) is 0 Å². The Morgan fingerprint density at radius 1 is 1.24 bits per heavy atom. The Kier molecular flexibility index (Phi) is 6.27. The normalized spacial score (nSPS) is 24.8. The van der Waals surface area contributed by atoms with Crippen molar-refractivity contribution in [2.45, 2.75) is 64.1 Å². The van der Waals surface area contributed by atoms with Crippen molar-refractivity contribution in [2.24, 2.45) is 5.73 Å². The number of rotatable bonds is 1. The van der Waals surface area contributed by atoms with Gasteiger partial charge in [0.05, 0.1) is 0 Å². The second-order valence-electron chi connectivity index (χ2n) is 5.66. The number of hydrogen-bond acceptors (Lipinski definition) is 3. The van der Waals surface area contributed by atoms with Gasteiger partial charge in [0, 0.05) is 19.1 Å². The summed E-state index contributed by atoms with van der Waals surface area (Å²) in [6, 6.07) is 0.595. The van der Waals surface area contributed by atoms with Crippen LogP contribution in [0.1, 0.15) is 46.5 Å². The minimum Gasteiger partial charge on any atom is -0.444 e. The lowest BCUT2D eigenvalue weighted by Crippen LogP contribution is -2.44. The molecule has 1 aliphatic rings. The minimum atomic E-state index is -0.420. The van der Waals surface area contributed by atoms with Gasteiger partial charge in [0.1, 0.15) is 5.60 Å². The summed E-state index contributed by atoms with van der Waals surface area (Å²) < 4.78 is 5.34. The van der Waals surface area contributed by atoms with Gasteiger partial charge in [-0.2, -0.15) is 0 Å². The number of carbonyl (C=O) groups excluding carboxylic acids is 1. The first kappa shape index (κ1) is 16.5. The topological polar surface area (TPSA) is 55.6 Å². The van der Waals surface area contributed by atoms with E-state index in [1.807, 2.05) is 27.8 Å². The van der Waals surface area contributed by atoms with Crippen molar-refractivity contribution in [3.8, 4) is 0 Å². The molecule has 0 saturated heterocycles. The fourth-order valence-electron chi connectivity index (χ4n) is 1.97. The number of halogens is 1. The monoisotopic (exact) mass is 264 g/mol. The van der Waals surface area contributed by atoms with Crippen molar-refractivity contribution in [1.82, 2.24) is 4.90 Å². The summed E-state index contributed by atoms with van der Waals surface area (Å²) in [5.41, 5.74) is 5.42. The van der Waals surface area contributed by atoms with E-state index in [2.05, 4.69) is 0 Å². The Bertz CT molecular complexity index is 245. The van der Waals surface area contributed by atoms with Crippen molar-refractivity contribution < 1.29 is 9.53 Å². The predicted molar refractivity (Wildman–Crippen MR) is 71.5 cm³/mol. The van der Waals surface area contributed by atoms with E-state index in [0.717, 1.165) is 25.7 Å². The molecular weight excluding hydrogens is 240 g/mol. The Labute approximate surface area is 110 Å². The maximum Gasteiger partial charge on any atom is 0.410 e. The summed E-state index contributed by atoms with van der Waals surface area (Å²) in [4.78, 5) is 13.5. The third-order valence-electron chi connectivity index (χ3n) is 2.97. The van der Waals surface area contributed by atoms with E-state index in [9.17, 15) is 4.79 Å². The Hall–Kier alpha value is -0.480. The van der Waals surface area contributed by atoms with Gasteiger partial charge in [-0.15, -0.1) is 12.4 Å². The molecule has 5 heteroatoms. The minimum absolute atomic E-state index is 0. The number of ether oxygens (including phenoxy) is 1. The smallest absolute Gasteiger partial charge is 0.410 e.